The van der Waals surface area contributed by atoms with Crippen molar-refractivity contribution in [2.45, 2.75) is 25.5 Å². The first-order valence-corrected chi connectivity index (χ1v) is 2.68. The molecule has 0 heterocycles. The molecular weight excluding hydrogens is 122 g/mol. The molecule has 4 heteroatoms. The highest BCUT2D eigenvalue weighted by atomic mass is 16.4. The van der Waals surface area contributed by atoms with Crippen LogP contribution in [0.2, 0.25) is 0 Å². The van der Waals surface area contributed by atoms with E-state index in [-0.39, 0.29) is 6.42 Å². The molecule has 0 aromatic rings. The molecule has 0 rings (SSSR count). The standard InChI is InChI=1S/C5H11NO3/c1-3(7)2-4(6)5(8)9/h3-4,7H,2,6H2,1H3,(H,8,9)/t3-,4+/m1/s1/i7D. The van der Waals surface area contributed by atoms with Crippen LogP contribution < -0.4 is 5.73 Å². The molecule has 54 valence electrons. The Hall–Kier alpha value is -0.610. The van der Waals surface area contributed by atoms with Gasteiger partial charge in [-0.25, -0.2) is 0 Å². The summed E-state index contributed by atoms with van der Waals surface area (Å²) < 4.78 is 6.39. The number of hydrogen-bond donors (Lipinski definition) is 3. The van der Waals surface area contributed by atoms with Gasteiger partial charge in [-0.05, 0) is 13.3 Å². The van der Waals surface area contributed by atoms with Gasteiger partial charge in [-0.2, -0.15) is 0 Å². The van der Waals surface area contributed by atoms with Gasteiger partial charge in [0.15, 0.2) is 0 Å². The fraction of sp³-hybridized carbons (Fsp3) is 0.800. The first-order chi connectivity index (χ1) is 4.57. The molecule has 0 radical (unpaired) electrons. The Balaban J connectivity index is 3.56. The summed E-state index contributed by atoms with van der Waals surface area (Å²) in [7, 11) is 0. The second kappa shape index (κ2) is 3.42. The molecule has 0 bridgehead atoms. The van der Waals surface area contributed by atoms with Crippen LogP contribution in [0, 0.1) is 0 Å². The molecular formula is C5H11NO3. The highest BCUT2D eigenvalue weighted by Crippen LogP contribution is 1.93. The molecule has 9 heavy (non-hydrogen) atoms. The van der Waals surface area contributed by atoms with Gasteiger partial charge in [0, 0.05) is 0 Å². The number of hydrogen-bond acceptors (Lipinski definition) is 3. The van der Waals surface area contributed by atoms with Crippen LogP contribution in [0.15, 0.2) is 0 Å². The summed E-state index contributed by atoms with van der Waals surface area (Å²) in [4.78, 5) is 10.1. The lowest BCUT2D eigenvalue weighted by atomic mass is 10.1. The number of carboxylic acids is 1. The van der Waals surface area contributed by atoms with Crippen LogP contribution in [-0.4, -0.2) is 29.8 Å². The van der Waals surface area contributed by atoms with Gasteiger partial charge in [-0.3, -0.25) is 4.79 Å². The van der Waals surface area contributed by atoms with Crippen molar-refractivity contribution >= 4 is 5.97 Å². The summed E-state index contributed by atoms with van der Waals surface area (Å²) >= 11 is 0. The third-order valence-electron chi connectivity index (χ3n) is 0.903. The molecule has 4 nitrogen and oxygen atoms in total. The number of aliphatic hydroxyl groups is 1. The van der Waals surface area contributed by atoms with E-state index >= 15 is 0 Å². The lowest BCUT2D eigenvalue weighted by Crippen LogP contribution is -2.33. The van der Waals surface area contributed by atoms with Gasteiger partial charge in [0.1, 0.15) is 6.04 Å². The van der Waals surface area contributed by atoms with Crippen molar-refractivity contribution in [2.75, 3.05) is 0 Å². The fourth-order valence-corrected chi connectivity index (χ4v) is 0.458. The largest absolute Gasteiger partial charge is 0.480 e. The van der Waals surface area contributed by atoms with Crippen LogP contribution in [0.1, 0.15) is 13.3 Å². The van der Waals surface area contributed by atoms with Crippen LogP contribution in [-0.2, 0) is 4.79 Å². The van der Waals surface area contributed by atoms with Gasteiger partial charge in [-0.15, -0.1) is 0 Å². The maximum atomic E-state index is 10.1. The number of aliphatic carboxylic acids is 1. The van der Waals surface area contributed by atoms with E-state index in [2.05, 4.69) is 5.11 Å². The van der Waals surface area contributed by atoms with Crippen LogP contribution >= 0.6 is 0 Å². The van der Waals surface area contributed by atoms with Gasteiger partial charge in [0.05, 0.1) is 6.10 Å². The Morgan fingerprint density at radius 2 is 2.56 bits per heavy atom. The highest BCUT2D eigenvalue weighted by Gasteiger charge is 2.12. The van der Waals surface area contributed by atoms with Crippen molar-refractivity contribution in [3.8, 4) is 0 Å². The molecule has 2 atom stereocenters. The molecule has 0 aromatic carbocycles. The third-order valence-corrected chi connectivity index (χ3v) is 0.903. The molecule has 0 aliphatic heterocycles. The molecule has 0 unspecified atom stereocenters. The lowest BCUT2D eigenvalue weighted by Gasteiger charge is -2.06. The Morgan fingerprint density at radius 1 is 2.00 bits per heavy atom. The number of nitrogens with two attached hydrogens (primary N) is 1. The van der Waals surface area contributed by atoms with Crippen LogP contribution in [0.4, 0.5) is 0 Å². The zero-order valence-corrected chi connectivity index (χ0v) is 5.20. The third kappa shape index (κ3) is 3.93. The molecule has 4 N–H and O–H groups in total. The van der Waals surface area contributed by atoms with Gasteiger partial charge in [-0.1, -0.05) is 0 Å². The number of carboxylic acid groups (broad SMARTS) is 1. The van der Waals surface area contributed by atoms with E-state index in [1.54, 1.807) is 6.92 Å². The molecule has 0 saturated heterocycles. The van der Waals surface area contributed by atoms with Gasteiger partial charge in [0.25, 0.3) is 0 Å². The fourth-order valence-electron chi connectivity index (χ4n) is 0.458. The maximum absolute atomic E-state index is 10.1. The minimum Gasteiger partial charge on any atom is -0.480 e. The maximum Gasteiger partial charge on any atom is 0.320 e. The zero-order valence-electron chi connectivity index (χ0n) is 6.20. The van der Waals surface area contributed by atoms with E-state index in [1.165, 1.54) is 0 Å². The smallest absolute Gasteiger partial charge is 0.320 e. The summed E-state index contributed by atoms with van der Waals surface area (Å²) in [6.07, 6.45) is -0.259. The molecule has 0 spiro atoms. The predicted octanol–water partition coefficient (Wildman–Crippen LogP) is -0.831. The second-order valence-electron chi connectivity index (χ2n) is 1.99. The van der Waals surface area contributed by atoms with E-state index < -0.39 is 18.1 Å². The minimum absolute atomic E-state index is 0.166. The van der Waals surface area contributed by atoms with Crippen LogP contribution in [0.5, 0.6) is 0 Å². The molecule has 0 amide bonds. The monoisotopic (exact) mass is 134 g/mol. The molecule has 0 aliphatic rings. The van der Waals surface area contributed by atoms with E-state index in [0.717, 1.165) is 0 Å². The molecule has 0 aromatic heterocycles. The Labute approximate surface area is 54.8 Å². The Kier molecular flexibility index (Phi) is 2.48. The van der Waals surface area contributed by atoms with Gasteiger partial charge < -0.3 is 15.9 Å². The van der Waals surface area contributed by atoms with Crippen molar-refractivity contribution in [1.82, 2.24) is 0 Å². The number of carbonyl (C=O) groups is 1. The normalized spacial score (nSPS) is 18.2. The SMILES string of the molecule is [2H]O[C@H](C)C[C@H](N)C(=O)O. The zero-order chi connectivity index (χ0) is 8.15. The Bertz CT molecular complexity index is 119. The quantitative estimate of drug-likeness (QED) is 0.468. The minimum atomic E-state index is -1.07. The summed E-state index contributed by atoms with van der Waals surface area (Å²) in [5.74, 6) is -1.07. The molecule has 0 fully saturated rings. The van der Waals surface area contributed by atoms with E-state index in [0.29, 0.717) is 0 Å². The molecule has 0 aliphatic carbocycles. The summed E-state index contributed by atoms with van der Waals surface area (Å²) in [5.41, 5.74) is 5.13. The number of rotatable bonds is 4. The van der Waals surface area contributed by atoms with Crippen molar-refractivity contribution < 1.29 is 15.0 Å². The van der Waals surface area contributed by atoms with Crippen molar-refractivity contribution in [3.63, 3.8) is 0 Å². The summed E-state index contributed by atoms with van der Waals surface area (Å²) in [6.45, 7) is 1.59. The van der Waals surface area contributed by atoms with E-state index in [4.69, 9.17) is 12.3 Å². The second-order valence-corrected chi connectivity index (χ2v) is 1.99. The highest BCUT2D eigenvalue weighted by molar-refractivity contribution is 5.73. The Morgan fingerprint density at radius 3 is 2.89 bits per heavy atom. The first kappa shape index (κ1) is 6.51. The summed E-state index contributed by atoms with van der Waals surface area (Å²) in [6, 6.07) is -0.930. The first-order valence-electron chi connectivity index (χ1n) is 3.09. The van der Waals surface area contributed by atoms with Gasteiger partial charge in [0.2, 0.25) is 1.43 Å². The lowest BCUT2D eigenvalue weighted by molar-refractivity contribution is -0.139. The average molecular weight is 134 g/mol. The topological polar surface area (TPSA) is 83.5 Å². The van der Waals surface area contributed by atoms with Crippen LogP contribution in [0.3, 0.4) is 0 Å². The number of aliphatic hydroxyl groups excluding tert-OH is 1. The average Bonchev–Trinajstić information content (AvgIpc) is 1.87. The van der Waals surface area contributed by atoms with Crippen molar-refractivity contribution in [2.24, 2.45) is 5.73 Å². The van der Waals surface area contributed by atoms with Crippen molar-refractivity contribution in [3.05, 3.63) is 0 Å². The van der Waals surface area contributed by atoms with Gasteiger partial charge >= 0.3 is 5.97 Å². The predicted molar refractivity (Wildman–Crippen MR) is 31.9 cm³/mol. The van der Waals surface area contributed by atoms with E-state index in [9.17, 15) is 4.79 Å². The summed E-state index contributed by atoms with van der Waals surface area (Å²) in [5, 5.41) is 12.4. The van der Waals surface area contributed by atoms with E-state index in [1.807, 2.05) is 0 Å². The van der Waals surface area contributed by atoms with Crippen LogP contribution in [0.25, 0.3) is 0 Å². The molecule has 0 saturated carbocycles. The van der Waals surface area contributed by atoms with Crippen molar-refractivity contribution in [1.29, 1.82) is 1.43 Å².